The van der Waals surface area contributed by atoms with Crippen LogP contribution in [-0.4, -0.2) is 32.3 Å². The average molecular weight is 455 g/mol. The number of aliphatic hydroxyl groups is 1. The van der Waals surface area contributed by atoms with Gasteiger partial charge in [0.1, 0.15) is 0 Å². The lowest BCUT2D eigenvalue weighted by Gasteiger charge is -2.07. The third-order valence-electron chi connectivity index (χ3n) is 5.95. The summed E-state index contributed by atoms with van der Waals surface area (Å²) in [6, 6.07) is 21.9. The number of hydrogen-bond acceptors (Lipinski definition) is 5. The van der Waals surface area contributed by atoms with E-state index < -0.39 is 0 Å². The van der Waals surface area contributed by atoms with E-state index in [1.807, 2.05) is 67.6 Å². The quantitative estimate of drug-likeness (QED) is 0.340. The molecule has 1 amide bonds. The predicted octanol–water partition coefficient (Wildman–Crippen LogP) is 5.11. The van der Waals surface area contributed by atoms with Crippen LogP contribution in [0.25, 0.3) is 33.2 Å². The molecule has 3 aromatic carbocycles. The van der Waals surface area contributed by atoms with Crippen molar-refractivity contribution in [2.24, 2.45) is 0 Å². The molecule has 7 nitrogen and oxygen atoms in total. The number of carbonyl (C=O) groups is 1. The summed E-state index contributed by atoms with van der Waals surface area (Å²) in [5.74, 6) is 1.03. The standard InChI is InChI=1S/C27H26N4O3/c1-18-9-11-19(12-10-18)27-29-26(34-30-27)8-4-7-25(33)28-20-13-14-24-22(17-20)21-5-2-3-6-23(21)31(24)15-16-32/h2-3,5-6,9-14,17,32H,4,7-8,15-16H2,1H3,(H,28,33). The summed E-state index contributed by atoms with van der Waals surface area (Å²) in [7, 11) is 0. The number of benzene rings is 3. The van der Waals surface area contributed by atoms with Gasteiger partial charge < -0.3 is 19.5 Å². The first-order valence-electron chi connectivity index (χ1n) is 11.4. The maximum atomic E-state index is 12.6. The molecule has 0 bridgehead atoms. The fourth-order valence-electron chi connectivity index (χ4n) is 4.27. The highest BCUT2D eigenvalue weighted by molar-refractivity contribution is 6.09. The summed E-state index contributed by atoms with van der Waals surface area (Å²) < 4.78 is 7.45. The number of aryl methyl sites for hydroxylation is 2. The molecule has 0 unspecified atom stereocenters. The SMILES string of the molecule is Cc1ccc(-c2noc(CCCC(=O)Nc3ccc4c(c3)c3ccccc3n4CCO)n2)cc1. The number of nitrogens with one attached hydrogen (secondary N) is 1. The van der Waals surface area contributed by atoms with Crippen molar-refractivity contribution >= 4 is 33.4 Å². The van der Waals surface area contributed by atoms with Gasteiger partial charge in [-0.15, -0.1) is 0 Å². The molecule has 2 heterocycles. The molecule has 2 aromatic heterocycles. The summed E-state index contributed by atoms with van der Waals surface area (Å²) >= 11 is 0. The highest BCUT2D eigenvalue weighted by Crippen LogP contribution is 2.31. The maximum Gasteiger partial charge on any atom is 0.226 e. The van der Waals surface area contributed by atoms with Crippen molar-refractivity contribution in [3.8, 4) is 11.4 Å². The Balaban J connectivity index is 1.22. The molecule has 0 saturated heterocycles. The summed E-state index contributed by atoms with van der Waals surface area (Å²) in [6.07, 6.45) is 1.51. The number of fused-ring (bicyclic) bond motifs is 3. The van der Waals surface area contributed by atoms with E-state index >= 15 is 0 Å². The van der Waals surface area contributed by atoms with Gasteiger partial charge in [-0.2, -0.15) is 4.98 Å². The Bertz CT molecular complexity index is 1450. The first kappa shape index (κ1) is 21.9. The van der Waals surface area contributed by atoms with Crippen LogP contribution in [0.2, 0.25) is 0 Å². The zero-order valence-corrected chi connectivity index (χ0v) is 19.0. The molecule has 7 heteroatoms. The highest BCUT2D eigenvalue weighted by Gasteiger charge is 2.13. The number of nitrogens with zero attached hydrogens (tertiary/aromatic N) is 3. The number of amides is 1. The summed E-state index contributed by atoms with van der Waals surface area (Å²) in [6.45, 7) is 2.62. The predicted molar refractivity (Wildman–Crippen MR) is 133 cm³/mol. The molecule has 5 aromatic rings. The lowest BCUT2D eigenvalue weighted by molar-refractivity contribution is -0.116. The monoisotopic (exact) mass is 454 g/mol. The van der Waals surface area contributed by atoms with Crippen molar-refractivity contribution in [1.82, 2.24) is 14.7 Å². The Morgan fingerprint density at radius 1 is 1.03 bits per heavy atom. The number of para-hydroxylation sites is 1. The average Bonchev–Trinajstić information content (AvgIpc) is 3.43. The zero-order chi connectivity index (χ0) is 23.5. The number of hydrogen-bond donors (Lipinski definition) is 2. The molecule has 0 spiro atoms. The van der Waals surface area contributed by atoms with Crippen molar-refractivity contribution in [3.05, 3.63) is 78.2 Å². The molecule has 0 aliphatic heterocycles. The van der Waals surface area contributed by atoms with Gasteiger partial charge in [0.05, 0.1) is 6.61 Å². The number of rotatable bonds is 8. The van der Waals surface area contributed by atoms with Crippen LogP contribution in [0, 0.1) is 6.92 Å². The Morgan fingerprint density at radius 2 is 1.82 bits per heavy atom. The van der Waals surface area contributed by atoms with Crippen molar-refractivity contribution < 1.29 is 14.4 Å². The summed E-state index contributed by atoms with van der Waals surface area (Å²) in [5, 5.41) is 18.7. The van der Waals surface area contributed by atoms with Gasteiger partial charge >= 0.3 is 0 Å². The van der Waals surface area contributed by atoms with Gasteiger partial charge in [0.25, 0.3) is 0 Å². The van der Waals surface area contributed by atoms with Crippen LogP contribution in [0.1, 0.15) is 24.3 Å². The first-order chi connectivity index (χ1) is 16.6. The second-order valence-electron chi connectivity index (χ2n) is 8.40. The second kappa shape index (κ2) is 9.49. The van der Waals surface area contributed by atoms with E-state index in [-0.39, 0.29) is 12.5 Å². The summed E-state index contributed by atoms with van der Waals surface area (Å²) in [5.41, 5.74) is 4.94. The second-order valence-corrected chi connectivity index (χ2v) is 8.40. The van der Waals surface area contributed by atoms with Crippen molar-refractivity contribution in [3.63, 3.8) is 0 Å². The molecule has 0 aliphatic rings. The van der Waals surface area contributed by atoms with Crippen LogP contribution >= 0.6 is 0 Å². The maximum absolute atomic E-state index is 12.6. The smallest absolute Gasteiger partial charge is 0.226 e. The van der Waals surface area contributed by atoms with E-state index in [0.717, 1.165) is 33.1 Å². The fourth-order valence-corrected chi connectivity index (χ4v) is 4.27. The minimum atomic E-state index is -0.0586. The molecule has 0 fully saturated rings. The largest absolute Gasteiger partial charge is 0.395 e. The van der Waals surface area contributed by atoms with Gasteiger partial charge in [0.15, 0.2) is 0 Å². The van der Waals surface area contributed by atoms with E-state index in [4.69, 9.17) is 4.52 Å². The van der Waals surface area contributed by atoms with E-state index in [0.29, 0.717) is 37.5 Å². The van der Waals surface area contributed by atoms with Crippen molar-refractivity contribution in [2.45, 2.75) is 32.7 Å². The van der Waals surface area contributed by atoms with Gasteiger partial charge in [-0.3, -0.25) is 4.79 Å². The number of aliphatic hydroxyl groups excluding tert-OH is 1. The fraction of sp³-hybridized carbons (Fsp3) is 0.222. The van der Waals surface area contributed by atoms with E-state index in [1.165, 1.54) is 5.56 Å². The topological polar surface area (TPSA) is 93.2 Å². The molecule has 0 aliphatic carbocycles. The molecule has 172 valence electrons. The van der Waals surface area contributed by atoms with Gasteiger partial charge in [0, 0.05) is 52.4 Å². The van der Waals surface area contributed by atoms with Gasteiger partial charge in [-0.1, -0.05) is 53.2 Å². The van der Waals surface area contributed by atoms with Crippen LogP contribution < -0.4 is 5.32 Å². The minimum absolute atomic E-state index is 0.0586. The number of aromatic nitrogens is 3. The van der Waals surface area contributed by atoms with Crippen molar-refractivity contribution in [1.29, 1.82) is 0 Å². The molecule has 34 heavy (non-hydrogen) atoms. The van der Waals surface area contributed by atoms with Crippen molar-refractivity contribution in [2.75, 3.05) is 11.9 Å². The normalized spacial score (nSPS) is 11.4. The molecule has 5 rings (SSSR count). The van der Waals surface area contributed by atoms with E-state index in [2.05, 4.69) is 26.1 Å². The van der Waals surface area contributed by atoms with Crippen LogP contribution in [-0.2, 0) is 17.8 Å². The van der Waals surface area contributed by atoms with Gasteiger partial charge in [0.2, 0.25) is 17.6 Å². The van der Waals surface area contributed by atoms with Crippen LogP contribution in [0.3, 0.4) is 0 Å². The highest BCUT2D eigenvalue weighted by atomic mass is 16.5. The third-order valence-corrected chi connectivity index (χ3v) is 5.95. The zero-order valence-electron chi connectivity index (χ0n) is 19.0. The Morgan fingerprint density at radius 3 is 2.65 bits per heavy atom. The number of carbonyl (C=O) groups excluding carboxylic acids is 1. The van der Waals surface area contributed by atoms with E-state index in [1.54, 1.807) is 0 Å². The Labute approximate surface area is 197 Å². The van der Waals surface area contributed by atoms with Crippen LogP contribution in [0.5, 0.6) is 0 Å². The van der Waals surface area contributed by atoms with Crippen LogP contribution in [0.4, 0.5) is 5.69 Å². The molecule has 2 N–H and O–H groups in total. The molecule has 0 atom stereocenters. The van der Waals surface area contributed by atoms with Gasteiger partial charge in [-0.25, -0.2) is 0 Å². The van der Waals surface area contributed by atoms with Crippen LogP contribution in [0.15, 0.2) is 71.3 Å². The summed E-state index contributed by atoms with van der Waals surface area (Å²) in [4.78, 5) is 17.0. The molecular formula is C27H26N4O3. The Hall–Kier alpha value is -3.97. The lowest BCUT2D eigenvalue weighted by Crippen LogP contribution is -2.11. The minimum Gasteiger partial charge on any atom is -0.395 e. The molecule has 0 radical (unpaired) electrons. The number of anilines is 1. The lowest BCUT2D eigenvalue weighted by atomic mass is 10.1. The molecule has 0 saturated carbocycles. The first-order valence-corrected chi connectivity index (χ1v) is 11.4. The third kappa shape index (κ3) is 4.43. The van der Waals surface area contributed by atoms with E-state index in [9.17, 15) is 9.90 Å². The Kier molecular flexibility index (Phi) is 6.10. The molecular weight excluding hydrogens is 428 g/mol. The van der Waals surface area contributed by atoms with Gasteiger partial charge in [-0.05, 0) is 37.6 Å².